The number of nitrogens with zero attached hydrogens (tertiary/aromatic N) is 2. The van der Waals surface area contributed by atoms with Gasteiger partial charge in [0.2, 0.25) is 0 Å². The molecule has 0 aromatic carbocycles. The molecule has 0 saturated carbocycles. The van der Waals surface area contributed by atoms with Gasteiger partial charge in [0, 0.05) is 7.05 Å². The molecule has 1 aromatic rings. The molecule has 0 atom stereocenters. The van der Waals surface area contributed by atoms with Crippen LogP contribution in [0.15, 0.2) is 0 Å². The van der Waals surface area contributed by atoms with E-state index in [1.54, 1.807) is 0 Å². The van der Waals surface area contributed by atoms with Crippen LogP contribution in [0.3, 0.4) is 0 Å². The van der Waals surface area contributed by atoms with Crippen LogP contribution in [-0.4, -0.2) is 28.1 Å². The fraction of sp³-hybridized carbons (Fsp3) is 0.786. The van der Waals surface area contributed by atoms with Gasteiger partial charge in [-0.2, -0.15) is 5.10 Å². The summed E-state index contributed by atoms with van der Waals surface area (Å²) in [6.07, 6.45) is 4.67. The van der Waals surface area contributed by atoms with E-state index in [4.69, 9.17) is 9.31 Å². The van der Waals surface area contributed by atoms with Crippen LogP contribution in [-0.2, 0) is 29.2 Å². The fourth-order valence-electron chi connectivity index (χ4n) is 2.96. The van der Waals surface area contributed by atoms with Crippen LogP contribution in [0.2, 0.25) is 0 Å². The normalized spacial score (nSPS) is 24.6. The lowest BCUT2D eigenvalue weighted by atomic mass is 9.78. The van der Waals surface area contributed by atoms with Gasteiger partial charge in [0.05, 0.1) is 22.5 Å². The van der Waals surface area contributed by atoms with Crippen molar-refractivity contribution < 1.29 is 9.31 Å². The molecule has 1 fully saturated rings. The third-order valence-corrected chi connectivity index (χ3v) is 4.84. The lowest BCUT2D eigenvalue weighted by Gasteiger charge is -2.32. The predicted octanol–water partition coefficient (Wildman–Crippen LogP) is 1.60. The minimum Gasteiger partial charge on any atom is -0.398 e. The first-order chi connectivity index (χ1) is 8.82. The maximum atomic E-state index is 6.17. The molecule has 0 bridgehead atoms. The summed E-state index contributed by atoms with van der Waals surface area (Å²) in [7, 11) is 1.71. The molecule has 0 amide bonds. The lowest BCUT2D eigenvalue weighted by molar-refractivity contribution is 0.00578. The van der Waals surface area contributed by atoms with Crippen LogP contribution < -0.4 is 5.59 Å². The monoisotopic (exact) mass is 262 g/mol. The molecule has 1 aliphatic heterocycles. The summed E-state index contributed by atoms with van der Waals surface area (Å²) in [4.78, 5) is 0. The quantitative estimate of drug-likeness (QED) is 0.721. The van der Waals surface area contributed by atoms with Crippen molar-refractivity contribution in [3.8, 4) is 0 Å². The Kier molecular flexibility index (Phi) is 2.84. The number of hydrogen-bond donors (Lipinski definition) is 0. The van der Waals surface area contributed by atoms with Gasteiger partial charge in [0.15, 0.2) is 0 Å². The second-order valence-corrected chi connectivity index (χ2v) is 6.73. The highest BCUT2D eigenvalue weighted by molar-refractivity contribution is 6.61. The van der Waals surface area contributed by atoms with E-state index in [0.717, 1.165) is 18.4 Å². The highest BCUT2D eigenvalue weighted by Crippen LogP contribution is 2.37. The van der Waals surface area contributed by atoms with E-state index in [2.05, 4.69) is 32.8 Å². The van der Waals surface area contributed by atoms with Gasteiger partial charge in [-0.1, -0.05) is 0 Å². The van der Waals surface area contributed by atoms with Gasteiger partial charge in [-0.3, -0.25) is 4.68 Å². The summed E-state index contributed by atoms with van der Waals surface area (Å²) in [5.74, 6) is 0. The third kappa shape index (κ3) is 1.94. The summed E-state index contributed by atoms with van der Waals surface area (Å²) in [5, 5.41) is 4.65. The Bertz CT molecular complexity index is 492. The molecule has 2 heterocycles. The largest absolute Gasteiger partial charge is 0.514 e. The van der Waals surface area contributed by atoms with Crippen molar-refractivity contribution in [2.45, 2.75) is 64.6 Å². The summed E-state index contributed by atoms with van der Waals surface area (Å²) in [6, 6.07) is 0. The second kappa shape index (κ2) is 4.09. The molecule has 0 spiro atoms. The van der Waals surface area contributed by atoms with Crippen LogP contribution in [0.1, 0.15) is 51.8 Å². The van der Waals surface area contributed by atoms with Crippen molar-refractivity contribution in [1.82, 2.24) is 9.78 Å². The van der Waals surface area contributed by atoms with Gasteiger partial charge >= 0.3 is 7.12 Å². The number of rotatable bonds is 1. The molecule has 0 N–H and O–H groups in total. The second-order valence-electron chi connectivity index (χ2n) is 6.73. The van der Waals surface area contributed by atoms with Crippen LogP contribution in [0.5, 0.6) is 0 Å². The van der Waals surface area contributed by atoms with Crippen molar-refractivity contribution >= 4 is 12.7 Å². The highest BCUT2D eigenvalue weighted by atomic mass is 16.7. The zero-order valence-electron chi connectivity index (χ0n) is 12.6. The predicted molar refractivity (Wildman–Crippen MR) is 75.6 cm³/mol. The minimum atomic E-state index is -0.288. The van der Waals surface area contributed by atoms with Gasteiger partial charge in [0.1, 0.15) is 0 Å². The number of hydrogen-bond acceptors (Lipinski definition) is 3. The third-order valence-electron chi connectivity index (χ3n) is 4.84. The minimum absolute atomic E-state index is 0.288. The zero-order valence-corrected chi connectivity index (χ0v) is 12.6. The fourth-order valence-corrected chi connectivity index (χ4v) is 2.96. The maximum absolute atomic E-state index is 6.17. The molecule has 1 aromatic heterocycles. The first-order valence-electron chi connectivity index (χ1n) is 7.22. The smallest absolute Gasteiger partial charge is 0.398 e. The molecule has 1 saturated heterocycles. The molecule has 0 unspecified atom stereocenters. The van der Waals surface area contributed by atoms with E-state index in [9.17, 15) is 0 Å². The van der Waals surface area contributed by atoms with E-state index < -0.39 is 0 Å². The Morgan fingerprint density at radius 2 is 1.63 bits per heavy atom. The van der Waals surface area contributed by atoms with Gasteiger partial charge in [-0.15, -0.1) is 0 Å². The zero-order chi connectivity index (χ0) is 13.8. The summed E-state index contributed by atoms with van der Waals surface area (Å²) >= 11 is 0. The standard InChI is InChI=1S/C14H23BN2O2/c1-13(2)14(3,4)19-15(18-13)12-10-8-6-7-9-11(10)16-17(12)5/h6-9H2,1-5H3. The molecule has 2 aliphatic rings. The topological polar surface area (TPSA) is 36.3 Å². The molecule has 3 rings (SSSR count). The summed E-state index contributed by atoms with van der Waals surface area (Å²) in [6.45, 7) is 8.37. The average Bonchev–Trinajstić information content (AvgIpc) is 2.72. The van der Waals surface area contributed by atoms with Crippen molar-refractivity contribution in [2.24, 2.45) is 7.05 Å². The SMILES string of the molecule is Cn1nc2c(c1B1OC(C)(C)C(C)(C)O1)CCCC2. The Balaban J connectivity index is 1.98. The van der Waals surface area contributed by atoms with E-state index in [-0.39, 0.29) is 18.3 Å². The van der Waals surface area contributed by atoms with E-state index in [1.165, 1.54) is 24.1 Å². The molecular formula is C14H23BN2O2. The highest BCUT2D eigenvalue weighted by Gasteiger charge is 2.53. The number of aromatic nitrogens is 2. The summed E-state index contributed by atoms with van der Waals surface area (Å²) < 4.78 is 14.3. The summed E-state index contributed by atoms with van der Waals surface area (Å²) in [5.41, 5.74) is 3.13. The van der Waals surface area contributed by atoms with E-state index >= 15 is 0 Å². The molecule has 5 heteroatoms. The molecule has 104 valence electrons. The van der Waals surface area contributed by atoms with Crippen molar-refractivity contribution in [3.05, 3.63) is 11.3 Å². The van der Waals surface area contributed by atoms with Crippen molar-refractivity contribution in [3.63, 3.8) is 0 Å². The molecule has 0 radical (unpaired) electrons. The van der Waals surface area contributed by atoms with Crippen molar-refractivity contribution in [1.29, 1.82) is 0 Å². The van der Waals surface area contributed by atoms with Crippen LogP contribution >= 0.6 is 0 Å². The Morgan fingerprint density at radius 1 is 1.05 bits per heavy atom. The molecule has 4 nitrogen and oxygen atoms in total. The first kappa shape index (κ1) is 13.2. The van der Waals surface area contributed by atoms with Gasteiger partial charge < -0.3 is 9.31 Å². The van der Waals surface area contributed by atoms with Crippen LogP contribution in [0.4, 0.5) is 0 Å². The number of fused-ring (bicyclic) bond motifs is 1. The molecule has 1 aliphatic carbocycles. The van der Waals surface area contributed by atoms with Crippen LogP contribution in [0.25, 0.3) is 0 Å². The molecule has 19 heavy (non-hydrogen) atoms. The Morgan fingerprint density at radius 3 is 2.26 bits per heavy atom. The van der Waals surface area contributed by atoms with Gasteiger partial charge in [-0.05, 0) is 58.9 Å². The van der Waals surface area contributed by atoms with Gasteiger partial charge in [0.25, 0.3) is 0 Å². The average molecular weight is 262 g/mol. The van der Waals surface area contributed by atoms with Gasteiger partial charge in [-0.25, -0.2) is 0 Å². The molecular weight excluding hydrogens is 239 g/mol. The Hall–Kier alpha value is -0.805. The maximum Gasteiger partial charge on any atom is 0.514 e. The van der Waals surface area contributed by atoms with E-state index in [1.807, 2.05) is 11.7 Å². The Labute approximate surface area is 115 Å². The van der Waals surface area contributed by atoms with Crippen LogP contribution in [0, 0.1) is 0 Å². The van der Waals surface area contributed by atoms with E-state index in [0.29, 0.717) is 0 Å². The number of aryl methyl sites for hydroxylation is 2. The first-order valence-corrected chi connectivity index (χ1v) is 7.22. The lowest BCUT2D eigenvalue weighted by Crippen LogP contribution is -2.41. The van der Waals surface area contributed by atoms with Crippen molar-refractivity contribution in [2.75, 3.05) is 0 Å².